The molecule has 3 aliphatic rings. The molecule has 1 aromatic heterocycles. The summed E-state index contributed by atoms with van der Waals surface area (Å²) in [7, 11) is 0. The molecule has 2 atom stereocenters. The highest BCUT2D eigenvalue weighted by molar-refractivity contribution is 5.96. The summed E-state index contributed by atoms with van der Waals surface area (Å²) in [4.78, 5) is 45.0. The van der Waals surface area contributed by atoms with Crippen molar-refractivity contribution < 1.29 is 23.9 Å². The Morgan fingerprint density at radius 3 is 2.68 bits per heavy atom. The van der Waals surface area contributed by atoms with Crippen LogP contribution in [0, 0.1) is 13.8 Å². The van der Waals surface area contributed by atoms with Crippen molar-refractivity contribution in [3.63, 3.8) is 0 Å². The van der Waals surface area contributed by atoms with E-state index in [4.69, 9.17) is 9.47 Å². The van der Waals surface area contributed by atoms with Gasteiger partial charge in [-0.25, -0.2) is 0 Å². The van der Waals surface area contributed by atoms with Gasteiger partial charge in [-0.2, -0.15) is 0 Å². The number of carbonyl (C=O) groups is 3. The molecule has 0 spiro atoms. The summed E-state index contributed by atoms with van der Waals surface area (Å²) in [5, 5.41) is 5.93. The van der Waals surface area contributed by atoms with E-state index in [2.05, 4.69) is 15.6 Å². The molecule has 1 fully saturated rings. The summed E-state index contributed by atoms with van der Waals surface area (Å²) in [5.74, 6) is 0.408. The average Bonchev–Trinajstić information content (AvgIpc) is 2.92. The number of aryl methyl sites for hydroxylation is 2. The van der Waals surface area contributed by atoms with Crippen LogP contribution in [-0.4, -0.2) is 59.4 Å². The number of likely N-dealkylation sites (tertiary alicyclic amines) is 1. The first-order valence-electron chi connectivity index (χ1n) is 12.6. The first-order chi connectivity index (χ1) is 18.4. The molecule has 196 valence electrons. The Labute approximate surface area is 221 Å². The van der Waals surface area contributed by atoms with Crippen molar-refractivity contribution >= 4 is 17.7 Å². The number of rotatable bonds is 1. The zero-order valence-electron chi connectivity index (χ0n) is 21.4. The lowest BCUT2D eigenvalue weighted by Gasteiger charge is -2.39. The summed E-state index contributed by atoms with van der Waals surface area (Å²) in [6.45, 7) is 4.63. The number of piperidine rings is 1. The SMILES string of the molecule is Cc1ccc2cc1OCC(=O)NCc1ccc(cc1)O[C@H]1CCN(C(=O)c3cccnc3C)C[C@@H]1NC2=O. The second-order valence-corrected chi connectivity index (χ2v) is 9.60. The van der Waals surface area contributed by atoms with E-state index in [9.17, 15) is 14.4 Å². The van der Waals surface area contributed by atoms with Crippen molar-refractivity contribution in [2.24, 2.45) is 0 Å². The molecule has 4 bridgehead atoms. The van der Waals surface area contributed by atoms with E-state index in [1.54, 1.807) is 41.4 Å². The van der Waals surface area contributed by atoms with Gasteiger partial charge < -0.3 is 25.0 Å². The van der Waals surface area contributed by atoms with Gasteiger partial charge in [-0.15, -0.1) is 0 Å². The summed E-state index contributed by atoms with van der Waals surface area (Å²) < 4.78 is 12.1. The van der Waals surface area contributed by atoms with Gasteiger partial charge >= 0.3 is 0 Å². The summed E-state index contributed by atoms with van der Waals surface area (Å²) >= 11 is 0. The number of ether oxygens (including phenoxy) is 2. The number of amides is 3. The normalized spacial score (nSPS) is 19.8. The highest BCUT2D eigenvalue weighted by Crippen LogP contribution is 2.24. The molecule has 3 aromatic rings. The van der Waals surface area contributed by atoms with Gasteiger partial charge in [0.25, 0.3) is 17.7 Å². The third-order valence-electron chi connectivity index (χ3n) is 6.90. The quantitative estimate of drug-likeness (QED) is 0.517. The Morgan fingerprint density at radius 2 is 1.89 bits per heavy atom. The van der Waals surface area contributed by atoms with Crippen molar-refractivity contribution in [2.75, 3.05) is 19.7 Å². The van der Waals surface area contributed by atoms with Crippen LogP contribution < -0.4 is 20.1 Å². The predicted molar refractivity (Wildman–Crippen MR) is 140 cm³/mol. The maximum Gasteiger partial charge on any atom is 0.258 e. The summed E-state index contributed by atoms with van der Waals surface area (Å²) in [6.07, 6.45) is 1.85. The van der Waals surface area contributed by atoms with Gasteiger partial charge in [0, 0.05) is 43.5 Å². The van der Waals surface area contributed by atoms with Crippen LogP contribution in [0.2, 0.25) is 0 Å². The number of pyridine rings is 1. The van der Waals surface area contributed by atoms with Crippen molar-refractivity contribution in [3.8, 4) is 11.5 Å². The van der Waals surface area contributed by atoms with Crippen LogP contribution in [0.5, 0.6) is 11.5 Å². The number of carbonyl (C=O) groups excluding carboxylic acids is 3. The van der Waals surface area contributed by atoms with Crippen molar-refractivity contribution in [2.45, 2.75) is 39.0 Å². The second-order valence-electron chi connectivity index (χ2n) is 9.60. The van der Waals surface area contributed by atoms with Crippen LogP contribution in [0.1, 0.15) is 44.0 Å². The number of nitrogens with one attached hydrogen (secondary N) is 2. The van der Waals surface area contributed by atoms with Gasteiger partial charge in [0.1, 0.15) is 17.6 Å². The van der Waals surface area contributed by atoms with E-state index in [0.717, 1.165) is 11.1 Å². The lowest BCUT2D eigenvalue weighted by atomic mass is 9.99. The van der Waals surface area contributed by atoms with Gasteiger partial charge in [-0.3, -0.25) is 19.4 Å². The number of fused-ring (bicyclic) bond motifs is 7. The van der Waals surface area contributed by atoms with Crippen LogP contribution in [0.25, 0.3) is 0 Å². The number of aromatic nitrogens is 1. The van der Waals surface area contributed by atoms with Gasteiger partial charge in [-0.1, -0.05) is 18.2 Å². The van der Waals surface area contributed by atoms with Gasteiger partial charge in [0.05, 0.1) is 11.6 Å². The lowest BCUT2D eigenvalue weighted by molar-refractivity contribution is -0.123. The summed E-state index contributed by atoms with van der Waals surface area (Å²) in [5.41, 5.74) is 3.33. The Bertz CT molecular complexity index is 1360. The van der Waals surface area contributed by atoms with E-state index in [1.807, 2.05) is 38.1 Å². The van der Waals surface area contributed by atoms with Gasteiger partial charge in [0.2, 0.25) is 0 Å². The maximum absolute atomic E-state index is 13.4. The zero-order chi connectivity index (χ0) is 26.6. The highest BCUT2D eigenvalue weighted by atomic mass is 16.5. The molecule has 3 aliphatic heterocycles. The molecule has 4 heterocycles. The number of hydrogen-bond acceptors (Lipinski definition) is 6. The molecular formula is C29H30N4O5. The van der Waals surface area contributed by atoms with Crippen LogP contribution in [0.4, 0.5) is 0 Å². The monoisotopic (exact) mass is 514 g/mol. The molecule has 3 amide bonds. The van der Waals surface area contributed by atoms with Gasteiger partial charge in [0.15, 0.2) is 6.61 Å². The van der Waals surface area contributed by atoms with E-state index < -0.39 is 6.04 Å². The topological polar surface area (TPSA) is 110 Å². The van der Waals surface area contributed by atoms with Crippen molar-refractivity contribution in [1.82, 2.24) is 20.5 Å². The van der Waals surface area contributed by atoms with Crippen LogP contribution in [0.3, 0.4) is 0 Å². The number of nitrogens with zero attached hydrogens (tertiary/aromatic N) is 2. The van der Waals surface area contributed by atoms with E-state index >= 15 is 0 Å². The molecular weight excluding hydrogens is 484 g/mol. The Balaban J connectivity index is 1.44. The Morgan fingerprint density at radius 1 is 1.08 bits per heavy atom. The van der Waals surface area contributed by atoms with Crippen LogP contribution in [0.15, 0.2) is 60.8 Å². The Kier molecular flexibility index (Phi) is 7.26. The minimum Gasteiger partial charge on any atom is -0.488 e. The molecule has 0 radical (unpaired) electrons. The van der Waals surface area contributed by atoms with E-state index in [1.165, 1.54) is 0 Å². The minimum atomic E-state index is -0.457. The van der Waals surface area contributed by atoms with Crippen molar-refractivity contribution in [1.29, 1.82) is 0 Å². The smallest absolute Gasteiger partial charge is 0.258 e. The molecule has 9 heteroatoms. The molecule has 0 aliphatic carbocycles. The van der Waals surface area contributed by atoms with E-state index in [0.29, 0.717) is 47.8 Å². The second kappa shape index (κ2) is 10.9. The molecule has 2 aromatic carbocycles. The third-order valence-corrected chi connectivity index (χ3v) is 6.90. The number of hydrogen-bond donors (Lipinski definition) is 2. The zero-order valence-corrected chi connectivity index (χ0v) is 21.4. The summed E-state index contributed by atoms with van der Waals surface area (Å²) in [6, 6.07) is 15.7. The fourth-order valence-electron chi connectivity index (χ4n) is 4.68. The molecule has 1 saturated heterocycles. The standard InChI is InChI=1S/C29H30N4O5/c1-18-5-8-21-14-26(18)37-17-27(34)31-15-20-6-9-22(10-7-20)38-25-11-13-33(16-24(25)32-28(21)35)29(36)23-4-3-12-30-19(23)2/h3-10,12,14,24-25H,11,13,15-17H2,1-2H3,(H,31,34)(H,32,35)/t24-,25-/m0/s1. The molecule has 0 saturated carbocycles. The lowest BCUT2D eigenvalue weighted by Crippen LogP contribution is -2.58. The predicted octanol–water partition coefficient (Wildman–Crippen LogP) is 2.80. The molecule has 38 heavy (non-hydrogen) atoms. The fourth-order valence-corrected chi connectivity index (χ4v) is 4.68. The van der Waals surface area contributed by atoms with Gasteiger partial charge in [-0.05, 0) is 61.4 Å². The van der Waals surface area contributed by atoms with E-state index in [-0.39, 0.29) is 37.0 Å². The average molecular weight is 515 g/mol. The largest absolute Gasteiger partial charge is 0.488 e. The molecule has 2 N–H and O–H groups in total. The minimum absolute atomic E-state index is 0.126. The Hall–Kier alpha value is -4.40. The number of benzene rings is 2. The maximum atomic E-state index is 13.4. The van der Waals surface area contributed by atoms with Crippen molar-refractivity contribution in [3.05, 3.63) is 88.7 Å². The highest BCUT2D eigenvalue weighted by Gasteiger charge is 2.35. The first kappa shape index (κ1) is 25.3. The van der Waals surface area contributed by atoms with Crippen LogP contribution >= 0.6 is 0 Å². The first-order valence-corrected chi connectivity index (χ1v) is 12.6. The fraction of sp³-hybridized carbons (Fsp3) is 0.310. The molecule has 6 rings (SSSR count). The molecule has 9 nitrogen and oxygen atoms in total. The molecule has 0 unspecified atom stereocenters. The third kappa shape index (κ3) is 5.61. The van der Waals surface area contributed by atoms with Crippen LogP contribution in [-0.2, 0) is 11.3 Å².